The predicted octanol–water partition coefficient (Wildman–Crippen LogP) is 2.81. The summed E-state index contributed by atoms with van der Waals surface area (Å²) in [5, 5.41) is 14.6. The fraction of sp³-hybridized carbons (Fsp3) is 0.464. The van der Waals surface area contributed by atoms with Gasteiger partial charge in [0.1, 0.15) is 11.6 Å². The minimum Gasteiger partial charge on any atom is -0.465 e. The molecule has 2 amide bonds. The molecular weight excluding hydrogens is 584 g/mol. The Balaban J connectivity index is 1.59. The number of carboxylic acid groups (broad SMARTS) is 1. The van der Waals surface area contributed by atoms with Gasteiger partial charge in [0.2, 0.25) is 5.91 Å². The number of carbonyl (C=O) groups is 2. The average Bonchev–Trinajstić information content (AvgIpc) is 3.49. The molecule has 2 aliphatic heterocycles. The second kappa shape index (κ2) is 11.3. The molecule has 1 N–H and O–H groups in total. The van der Waals surface area contributed by atoms with E-state index in [4.69, 9.17) is 0 Å². The first-order valence-electron chi connectivity index (χ1n) is 13.7. The molecule has 43 heavy (non-hydrogen) atoms. The highest BCUT2D eigenvalue weighted by Gasteiger charge is 2.49. The minimum atomic E-state index is -3.58. The van der Waals surface area contributed by atoms with Gasteiger partial charge in [-0.1, -0.05) is 0 Å². The van der Waals surface area contributed by atoms with Gasteiger partial charge in [-0.15, -0.1) is 0 Å². The van der Waals surface area contributed by atoms with Gasteiger partial charge < -0.3 is 10.0 Å². The van der Waals surface area contributed by atoms with Gasteiger partial charge in [0.05, 0.1) is 36.1 Å². The van der Waals surface area contributed by atoms with E-state index in [9.17, 15) is 27.5 Å². The number of likely N-dealkylation sites (tertiary alicyclic amines) is 1. The zero-order valence-corrected chi connectivity index (χ0v) is 25.0. The number of piperidine rings is 1. The highest BCUT2D eigenvalue weighted by atomic mass is 32.2. The number of rotatable bonds is 6. The van der Waals surface area contributed by atoms with Crippen molar-refractivity contribution in [1.29, 1.82) is 0 Å². The van der Waals surface area contributed by atoms with E-state index < -0.39 is 57.3 Å². The third-order valence-electron chi connectivity index (χ3n) is 7.87. The van der Waals surface area contributed by atoms with Crippen LogP contribution in [0.3, 0.4) is 0 Å². The topological polar surface area (TPSA) is 142 Å². The molecule has 2 aromatic heterocycles. The maximum absolute atomic E-state index is 15.5. The quantitative estimate of drug-likeness (QED) is 0.442. The Hall–Kier alpha value is -3.98. The van der Waals surface area contributed by atoms with Gasteiger partial charge >= 0.3 is 6.09 Å². The molecule has 3 aromatic rings. The molecule has 12 nitrogen and oxygen atoms in total. The molecule has 0 aliphatic carbocycles. The van der Waals surface area contributed by atoms with Crippen molar-refractivity contribution in [3.63, 3.8) is 0 Å². The van der Waals surface area contributed by atoms with Gasteiger partial charge in [0, 0.05) is 67.1 Å². The van der Waals surface area contributed by atoms with Crippen LogP contribution in [-0.4, -0.2) is 89.8 Å². The number of hydrogen-bond donors (Lipinski definition) is 1. The molecule has 2 aliphatic rings. The van der Waals surface area contributed by atoms with Gasteiger partial charge in [0.25, 0.3) is 10.0 Å². The molecular formula is C28H33F2N7O5S. The van der Waals surface area contributed by atoms with Crippen LogP contribution in [0.4, 0.5) is 13.6 Å². The number of fused-ring (bicyclic) bond motifs is 1. The number of aromatic nitrogens is 4. The fourth-order valence-corrected chi connectivity index (χ4v) is 6.66. The summed E-state index contributed by atoms with van der Waals surface area (Å²) in [6.07, 6.45) is 5.58. The van der Waals surface area contributed by atoms with E-state index >= 15 is 4.39 Å². The zero-order chi connectivity index (χ0) is 31.3. The van der Waals surface area contributed by atoms with Gasteiger partial charge in [0.15, 0.2) is 0 Å². The maximum atomic E-state index is 15.5. The van der Waals surface area contributed by atoms with Crippen LogP contribution in [0.15, 0.2) is 43.0 Å². The number of benzene rings is 1. The zero-order valence-electron chi connectivity index (χ0n) is 24.2. The monoisotopic (exact) mass is 617 g/mol. The van der Waals surface area contributed by atoms with Crippen LogP contribution < -0.4 is 0 Å². The molecule has 4 heterocycles. The van der Waals surface area contributed by atoms with Crippen molar-refractivity contribution < 1.29 is 31.9 Å². The highest BCUT2D eigenvalue weighted by Crippen LogP contribution is 2.41. The first kappa shape index (κ1) is 30.5. The number of nitrogens with zero attached hydrogens (tertiary/aromatic N) is 7. The Morgan fingerprint density at radius 2 is 1.91 bits per heavy atom. The molecule has 0 spiro atoms. The van der Waals surface area contributed by atoms with Gasteiger partial charge in [-0.05, 0) is 45.4 Å². The Labute approximate surface area is 248 Å². The normalized spacial score (nSPS) is 21.1. The number of halogens is 2. The van der Waals surface area contributed by atoms with E-state index in [1.54, 1.807) is 20.8 Å². The standard InChI is InChI=1S/C28H33F2N7O5S/c1-28(2,3)37(27(39)40)24-11-20(34-13-17-14-36(43(4,41)42)33-23(17)16-34)15-35(25(38)10-19-12-31-7-8-32-19)26(24)21-9-18(29)5-6-22(21)30/h5-9,12,14,20,24,26H,10-11,13,15-16H2,1-4H3,(H,39,40)/t20-,24+,26-/m1/s1. The van der Waals surface area contributed by atoms with Crippen LogP contribution in [-0.2, 0) is 34.3 Å². The summed E-state index contributed by atoms with van der Waals surface area (Å²) in [5.74, 6) is -1.94. The SMILES string of the molecule is CC(C)(C)N(C(=O)O)[C@H]1C[C@@H](N2Cc3cn(S(C)(=O)=O)nc3C2)CN(C(=O)Cc2cnccn2)[C@@H]1c1cc(F)ccc1F. The highest BCUT2D eigenvalue weighted by molar-refractivity contribution is 7.89. The molecule has 3 atom stereocenters. The van der Waals surface area contributed by atoms with Crippen molar-refractivity contribution >= 4 is 22.0 Å². The molecule has 5 rings (SSSR count). The fourth-order valence-electron chi connectivity index (χ4n) is 6.10. The van der Waals surface area contributed by atoms with Gasteiger partial charge in [-0.25, -0.2) is 22.0 Å². The van der Waals surface area contributed by atoms with Crippen molar-refractivity contribution in [2.45, 2.75) is 70.4 Å². The lowest BCUT2D eigenvalue weighted by Gasteiger charge is -2.52. The van der Waals surface area contributed by atoms with E-state index in [-0.39, 0.29) is 31.5 Å². The smallest absolute Gasteiger partial charge is 0.408 e. The molecule has 230 valence electrons. The average molecular weight is 618 g/mol. The Morgan fingerprint density at radius 1 is 1.16 bits per heavy atom. The summed E-state index contributed by atoms with van der Waals surface area (Å²) < 4.78 is 55.0. The van der Waals surface area contributed by atoms with E-state index in [0.717, 1.165) is 28.5 Å². The molecule has 0 bridgehead atoms. The minimum absolute atomic E-state index is 0.0736. The molecule has 0 saturated carbocycles. The summed E-state index contributed by atoms with van der Waals surface area (Å²) in [4.78, 5) is 39.6. The van der Waals surface area contributed by atoms with Crippen LogP contribution in [0.25, 0.3) is 0 Å². The van der Waals surface area contributed by atoms with Crippen LogP contribution in [0.2, 0.25) is 0 Å². The third kappa shape index (κ3) is 6.22. The van der Waals surface area contributed by atoms with E-state index in [0.29, 0.717) is 23.5 Å². The summed E-state index contributed by atoms with van der Waals surface area (Å²) in [6.45, 7) is 5.77. The number of amides is 2. The number of hydrogen-bond acceptors (Lipinski definition) is 8. The summed E-state index contributed by atoms with van der Waals surface area (Å²) in [7, 11) is -3.58. The lowest BCUT2D eigenvalue weighted by molar-refractivity contribution is -0.140. The molecule has 15 heteroatoms. The van der Waals surface area contributed by atoms with Crippen molar-refractivity contribution in [1.82, 2.24) is 33.9 Å². The second-order valence-electron chi connectivity index (χ2n) is 12.0. The lowest BCUT2D eigenvalue weighted by atomic mass is 9.83. The van der Waals surface area contributed by atoms with Crippen LogP contribution in [0.1, 0.15) is 55.7 Å². The molecule has 1 saturated heterocycles. The first-order valence-corrected chi connectivity index (χ1v) is 15.5. The Morgan fingerprint density at radius 3 is 2.51 bits per heavy atom. The summed E-state index contributed by atoms with van der Waals surface area (Å²) in [5.41, 5.74) is 0.531. The largest absolute Gasteiger partial charge is 0.465 e. The van der Waals surface area contributed by atoms with Crippen LogP contribution in [0.5, 0.6) is 0 Å². The second-order valence-corrected chi connectivity index (χ2v) is 13.8. The summed E-state index contributed by atoms with van der Waals surface area (Å²) in [6, 6.07) is 0.419. The van der Waals surface area contributed by atoms with Crippen LogP contribution in [0, 0.1) is 11.6 Å². The predicted molar refractivity (Wildman–Crippen MR) is 150 cm³/mol. The summed E-state index contributed by atoms with van der Waals surface area (Å²) >= 11 is 0. The molecule has 1 fully saturated rings. The van der Waals surface area contributed by atoms with E-state index in [1.165, 1.54) is 34.6 Å². The van der Waals surface area contributed by atoms with Crippen molar-refractivity contribution in [3.05, 3.63) is 77.1 Å². The molecule has 0 radical (unpaired) electrons. The van der Waals surface area contributed by atoms with Crippen molar-refractivity contribution in [3.8, 4) is 0 Å². The van der Waals surface area contributed by atoms with Gasteiger partial charge in [-0.3, -0.25) is 24.6 Å². The van der Waals surface area contributed by atoms with Crippen LogP contribution >= 0.6 is 0 Å². The maximum Gasteiger partial charge on any atom is 0.408 e. The lowest BCUT2D eigenvalue weighted by Crippen LogP contribution is -2.63. The number of carbonyl (C=O) groups excluding carboxylic acids is 1. The van der Waals surface area contributed by atoms with E-state index in [2.05, 4.69) is 15.1 Å². The molecule has 0 unspecified atom stereocenters. The van der Waals surface area contributed by atoms with Gasteiger partial charge in [-0.2, -0.15) is 9.19 Å². The Kier molecular flexibility index (Phi) is 7.98. The Bertz CT molecular complexity index is 1620. The van der Waals surface area contributed by atoms with E-state index in [1.807, 2.05) is 4.90 Å². The third-order valence-corrected chi connectivity index (χ3v) is 8.73. The molecule has 1 aromatic carbocycles. The first-order chi connectivity index (χ1) is 20.1. The van der Waals surface area contributed by atoms with Crippen molar-refractivity contribution in [2.24, 2.45) is 0 Å². The van der Waals surface area contributed by atoms with Crippen molar-refractivity contribution in [2.75, 3.05) is 12.8 Å².